The molecule has 0 aromatic carbocycles. The van der Waals surface area contributed by atoms with E-state index in [1.807, 2.05) is 0 Å². The molecular formula is C9H14N2O4S. The van der Waals surface area contributed by atoms with E-state index in [9.17, 15) is 18.0 Å². The highest BCUT2D eigenvalue weighted by atomic mass is 32.2. The van der Waals surface area contributed by atoms with Crippen LogP contribution in [-0.4, -0.2) is 29.1 Å². The normalized spacial score (nSPS) is 11.6. The van der Waals surface area contributed by atoms with Crippen LogP contribution in [-0.2, 0) is 23.4 Å². The van der Waals surface area contributed by atoms with Crippen molar-refractivity contribution in [2.75, 3.05) is 11.5 Å². The van der Waals surface area contributed by atoms with Gasteiger partial charge >= 0.3 is 5.69 Å². The largest absolute Gasteiger partial charge is 0.330 e. The van der Waals surface area contributed by atoms with E-state index in [0.29, 0.717) is 0 Å². The second-order valence-electron chi connectivity index (χ2n) is 3.44. The molecule has 0 saturated heterocycles. The van der Waals surface area contributed by atoms with Gasteiger partial charge in [-0.05, 0) is 0 Å². The first kappa shape index (κ1) is 12.7. The second-order valence-corrected chi connectivity index (χ2v) is 5.91. The number of aromatic nitrogens is 2. The molecule has 0 aliphatic carbocycles. The quantitative estimate of drug-likeness (QED) is 0.681. The Balaban J connectivity index is 3.04. The number of sulfone groups is 1. The number of aryl methyl sites for hydroxylation is 1. The van der Waals surface area contributed by atoms with Crippen LogP contribution in [0.3, 0.4) is 0 Å². The van der Waals surface area contributed by atoms with E-state index >= 15 is 0 Å². The fraction of sp³-hybridized carbons (Fsp3) is 0.556. The van der Waals surface area contributed by atoms with E-state index in [0.717, 1.165) is 4.57 Å². The average Bonchev–Trinajstić information content (AvgIpc) is 2.24. The summed E-state index contributed by atoms with van der Waals surface area (Å²) in [6.07, 6.45) is 1.36. The lowest BCUT2D eigenvalue weighted by atomic mass is 10.6. The molecule has 0 saturated carbocycles. The third-order valence-corrected chi connectivity index (χ3v) is 3.99. The molecule has 0 N–H and O–H groups in total. The monoisotopic (exact) mass is 246 g/mol. The topological polar surface area (TPSA) is 78.1 Å². The zero-order valence-corrected chi connectivity index (χ0v) is 10.0. The highest BCUT2D eigenvalue weighted by molar-refractivity contribution is 7.91. The molecule has 0 unspecified atom stereocenters. The first-order chi connectivity index (χ1) is 7.37. The number of hydrogen-bond acceptors (Lipinski definition) is 4. The van der Waals surface area contributed by atoms with Gasteiger partial charge in [-0.2, -0.15) is 0 Å². The minimum atomic E-state index is -3.17. The summed E-state index contributed by atoms with van der Waals surface area (Å²) in [6.45, 7) is 1.43. The van der Waals surface area contributed by atoms with E-state index in [2.05, 4.69) is 0 Å². The second kappa shape index (κ2) is 4.65. The lowest BCUT2D eigenvalue weighted by Crippen LogP contribution is -2.39. The van der Waals surface area contributed by atoms with Crippen molar-refractivity contribution in [1.29, 1.82) is 0 Å². The lowest BCUT2D eigenvalue weighted by Gasteiger charge is -2.06. The van der Waals surface area contributed by atoms with Crippen molar-refractivity contribution in [2.45, 2.75) is 13.5 Å². The predicted octanol–water partition coefficient (Wildman–Crippen LogP) is -1.02. The molecule has 16 heavy (non-hydrogen) atoms. The first-order valence-electron chi connectivity index (χ1n) is 4.84. The van der Waals surface area contributed by atoms with Crippen LogP contribution in [0.5, 0.6) is 0 Å². The smallest absolute Gasteiger partial charge is 0.303 e. The SMILES string of the molecule is CCS(=O)(=O)CCn1c(=O)ccn(C)c1=O. The first-order valence-corrected chi connectivity index (χ1v) is 6.66. The van der Waals surface area contributed by atoms with Crippen molar-refractivity contribution in [2.24, 2.45) is 7.05 Å². The summed E-state index contributed by atoms with van der Waals surface area (Å²) in [5, 5.41) is 0. The van der Waals surface area contributed by atoms with Gasteiger partial charge < -0.3 is 4.57 Å². The van der Waals surface area contributed by atoms with Crippen molar-refractivity contribution >= 4 is 9.84 Å². The lowest BCUT2D eigenvalue weighted by molar-refractivity contribution is 0.577. The van der Waals surface area contributed by atoms with Crippen LogP contribution in [0.2, 0.25) is 0 Å². The molecule has 0 bridgehead atoms. The molecule has 1 rings (SSSR count). The third-order valence-electron chi connectivity index (χ3n) is 2.31. The molecule has 1 aromatic heterocycles. The number of hydrogen-bond donors (Lipinski definition) is 0. The van der Waals surface area contributed by atoms with Crippen LogP contribution in [0.1, 0.15) is 6.92 Å². The molecule has 0 fully saturated rings. The van der Waals surface area contributed by atoms with Gasteiger partial charge in [0.25, 0.3) is 5.56 Å². The summed E-state index contributed by atoms with van der Waals surface area (Å²) in [5.74, 6) is -0.183. The Hall–Kier alpha value is -1.37. The van der Waals surface area contributed by atoms with E-state index in [1.165, 1.54) is 30.8 Å². The molecule has 6 nitrogen and oxygen atoms in total. The van der Waals surface area contributed by atoms with Gasteiger partial charge in [-0.15, -0.1) is 0 Å². The van der Waals surface area contributed by atoms with Crippen molar-refractivity contribution < 1.29 is 8.42 Å². The summed E-state index contributed by atoms with van der Waals surface area (Å²) in [4.78, 5) is 22.9. The van der Waals surface area contributed by atoms with Crippen molar-refractivity contribution in [3.63, 3.8) is 0 Å². The van der Waals surface area contributed by atoms with Crippen molar-refractivity contribution in [3.8, 4) is 0 Å². The predicted molar refractivity (Wildman–Crippen MR) is 60.3 cm³/mol. The summed E-state index contributed by atoms with van der Waals surface area (Å²) >= 11 is 0. The van der Waals surface area contributed by atoms with Gasteiger partial charge in [0.2, 0.25) is 0 Å². The maximum Gasteiger partial charge on any atom is 0.330 e. The minimum Gasteiger partial charge on any atom is -0.303 e. The van der Waals surface area contributed by atoms with Crippen LogP contribution in [0.15, 0.2) is 21.9 Å². The summed E-state index contributed by atoms with van der Waals surface area (Å²) < 4.78 is 24.7. The standard InChI is InChI=1S/C9H14N2O4S/c1-3-16(14,15)7-6-11-8(12)4-5-10(2)9(11)13/h4-5H,3,6-7H2,1-2H3. The number of rotatable bonds is 4. The van der Waals surface area contributed by atoms with E-state index < -0.39 is 21.1 Å². The van der Waals surface area contributed by atoms with Gasteiger partial charge in [-0.25, -0.2) is 13.2 Å². The highest BCUT2D eigenvalue weighted by Crippen LogP contribution is 1.89. The fourth-order valence-electron chi connectivity index (χ4n) is 1.19. The van der Waals surface area contributed by atoms with Gasteiger partial charge in [-0.1, -0.05) is 6.92 Å². The van der Waals surface area contributed by atoms with Crippen molar-refractivity contribution in [1.82, 2.24) is 9.13 Å². The van der Waals surface area contributed by atoms with Crippen LogP contribution in [0, 0.1) is 0 Å². The van der Waals surface area contributed by atoms with Gasteiger partial charge in [0.05, 0.1) is 5.75 Å². The maximum atomic E-state index is 11.5. The maximum absolute atomic E-state index is 11.5. The molecule has 0 aliphatic heterocycles. The Morgan fingerprint density at radius 2 is 1.94 bits per heavy atom. The van der Waals surface area contributed by atoms with E-state index in [4.69, 9.17) is 0 Å². The van der Waals surface area contributed by atoms with Crippen LogP contribution in [0.25, 0.3) is 0 Å². The molecule has 1 aromatic rings. The molecule has 0 aliphatic rings. The Morgan fingerprint density at radius 1 is 1.31 bits per heavy atom. The molecule has 7 heteroatoms. The molecule has 90 valence electrons. The molecular weight excluding hydrogens is 232 g/mol. The zero-order valence-electron chi connectivity index (χ0n) is 9.21. The van der Waals surface area contributed by atoms with Gasteiger partial charge in [-0.3, -0.25) is 9.36 Å². The summed E-state index contributed by atoms with van der Waals surface area (Å²) in [6, 6.07) is 1.24. The van der Waals surface area contributed by atoms with Gasteiger partial charge in [0.15, 0.2) is 9.84 Å². The van der Waals surface area contributed by atoms with Crippen LogP contribution >= 0.6 is 0 Å². The minimum absolute atomic E-state index is 0.00883. The molecule has 1 heterocycles. The molecule has 0 spiro atoms. The van der Waals surface area contributed by atoms with E-state index in [-0.39, 0.29) is 18.1 Å². The highest BCUT2D eigenvalue weighted by Gasteiger charge is 2.10. The van der Waals surface area contributed by atoms with Gasteiger partial charge in [0.1, 0.15) is 0 Å². The zero-order chi connectivity index (χ0) is 12.3. The average molecular weight is 246 g/mol. The van der Waals surface area contributed by atoms with Crippen LogP contribution < -0.4 is 11.2 Å². The fourth-order valence-corrected chi connectivity index (χ4v) is 1.94. The third kappa shape index (κ3) is 2.82. The van der Waals surface area contributed by atoms with Gasteiger partial charge in [0, 0.05) is 31.6 Å². The molecule has 0 amide bonds. The molecule has 0 radical (unpaired) electrons. The molecule has 0 atom stereocenters. The number of nitrogens with zero attached hydrogens (tertiary/aromatic N) is 2. The Kier molecular flexibility index (Phi) is 3.69. The Morgan fingerprint density at radius 3 is 2.50 bits per heavy atom. The van der Waals surface area contributed by atoms with Crippen molar-refractivity contribution in [3.05, 3.63) is 33.1 Å². The Labute approximate surface area is 93.1 Å². The Bertz CT molecular complexity index is 582. The van der Waals surface area contributed by atoms with E-state index in [1.54, 1.807) is 0 Å². The summed E-state index contributed by atoms with van der Waals surface area (Å²) in [5.41, 5.74) is -0.979. The van der Waals surface area contributed by atoms with Crippen LogP contribution in [0.4, 0.5) is 0 Å². The summed E-state index contributed by atoms with van der Waals surface area (Å²) in [7, 11) is -1.67.